The van der Waals surface area contributed by atoms with Crippen molar-refractivity contribution in [2.45, 2.75) is 31.6 Å². The van der Waals surface area contributed by atoms with Crippen LogP contribution in [0.2, 0.25) is 0 Å². The molecule has 112 valence electrons. The molecule has 2 rings (SSSR count). The molecule has 0 atom stereocenters. The van der Waals surface area contributed by atoms with Crippen LogP contribution in [0.3, 0.4) is 0 Å². The largest absolute Gasteiger partial charge is 0.496 e. The number of hydrogen-bond acceptors (Lipinski definition) is 4. The van der Waals surface area contributed by atoms with Crippen LogP contribution in [-0.2, 0) is 9.84 Å². The first-order chi connectivity index (χ1) is 9.44. The van der Waals surface area contributed by atoms with Gasteiger partial charge in [0.1, 0.15) is 5.75 Å². The van der Waals surface area contributed by atoms with Gasteiger partial charge in [0.2, 0.25) is 0 Å². The number of rotatable bonds is 4. The van der Waals surface area contributed by atoms with Gasteiger partial charge >= 0.3 is 0 Å². The van der Waals surface area contributed by atoms with Crippen molar-refractivity contribution in [3.63, 3.8) is 0 Å². The zero-order chi connectivity index (χ0) is 14.8. The average Bonchev–Trinajstić information content (AvgIpc) is 2.41. The second-order valence-corrected chi connectivity index (χ2v) is 7.56. The van der Waals surface area contributed by atoms with E-state index in [1.165, 1.54) is 0 Å². The number of hydrogen-bond donors (Lipinski definition) is 1. The van der Waals surface area contributed by atoms with Gasteiger partial charge in [-0.2, -0.15) is 0 Å². The Bertz CT molecular complexity index is 575. The molecule has 0 aromatic heterocycles. The average molecular weight is 297 g/mol. The molecule has 4 nitrogen and oxygen atoms in total. The van der Waals surface area contributed by atoms with Crippen molar-refractivity contribution >= 4 is 9.84 Å². The lowest BCUT2D eigenvalue weighted by Gasteiger charge is -2.23. The van der Waals surface area contributed by atoms with Crippen LogP contribution in [0.5, 0.6) is 5.75 Å². The fraction of sp³-hybridized carbons (Fsp3) is 0.600. The summed E-state index contributed by atoms with van der Waals surface area (Å²) in [6, 6.07) is 3.55. The predicted molar refractivity (Wildman–Crippen MR) is 80.1 cm³/mol. The normalized spacial score (nSPS) is 17.1. The van der Waals surface area contributed by atoms with Crippen molar-refractivity contribution in [2.24, 2.45) is 5.92 Å². The van der Waals surface area contributed by atoms with Crippen molar-refractivity contribution in [1.29, 1.82) is 0 Å². The number of sulfone groups is 1. The minimum absolute atomic E-state index is 0.251. The SMILES string of the molecule is COc1cc(C)c(S(=O)(=O)CC2CCNCC2)cc1C. The summed E-state index contributed by atoms with van der Waals surface area (Å²) in [7, 11) is -1.62. The number of piperidine rings is 1. The molecule has 0 spiro atoms. The maximum Gasteiger partial charge on any atom is 0.178 e. The summed E-state index contributed by atoms with van der Waals surface area (Å²) < 4.78 is 30.5. The topological polar surface area (TPSA) is 55.4 Å². The van der Waals surface area contributed by atoms with E-state index in [1.807, 2.05) is 19.9 Å². The molecule has 1 saturated heterocycles. The fourth-order valence-corrected chi connectivity index (χ4v) is 4.81. The van der Waals surface area contributed by atoms with E-state index in [9.17, 15) is 8.42 Å². The first kappa shape index (κ1) is 15.3. The van der Waals surface area contributed by atoms with Crippen LogP contribution in [0.1, 0.15) is 24.0 Å². The van der Waals surface area contributed by atoms with E-state index in [1.54, 1.807) is 13.2 Å². The lowest BCUT2D eigenvalue weighted by Crippen LogP contribution is -2.31. The first-order valence-electron chi connectivity index (χ1n) is 7.03. The number of ether oxygens (including phenoxy) is 1. The number of aryl methyl sites for hydroxylation is 2. The minimum atomic E-state index is -3.22. The fourth-order valence-electron chi connectivity index (χ4n) is 2.77. The Kier molecular flexibility index (Phi) is 4.70. The van der Waals surface area contributed by atoms with Crippen molar-refractivity contribution in [3.05, 3.63) is 23.3 Å². The third kappa shape index (κ3) is 3.33. The number of benzene rings is 1. The van der Waals surface area contributed by atoms with E-state index in [0.29, 0.717) is 4.90 Å². The summed E-state index contributed by atoms with van der Waals surface area (Å²) in [6.45, 7) is 5.54. The van der Waals surface area contributed by atoms with Crippen molar-refractivity contribution < 1.29 is 13.2 Å². The summed E-state index contributed by atoms with van der Waals surface area (Å²) in [5.41, 5.74) is 1.63. The molecule has 1 aliphatic rings. The maximum atomic E-state index is 12.6. The molecule has 1 aromatic carbocycles. The third-order valence-corrected chi connectivity index (χ3v) is 5.96. The molecule has 0 amide bonds. The van der Waals surface area contributed by atoms with Crippen molar-refractivity contribution in [3.8, 4) is 5.75 Å². The third-order valence-electron chi connectivity index (χ3n) is 3.94. The van der Waals surface area contributed by atoms with Gasteiger partial charge < -0.3 is 10.1 Å². The van der Waals surface area contributed by atoms with E-state index in [2.05, 4.69) is 5.32 Å². The van der Waals surface area contributed by atoms with E-state index >= 15 is 0 Å². The molecular formula is C15H23NO3S. The molecule has 0 unspecified atom stereocenters. The Morgan fingerprint density at radius 1 is 1.20 bits per heavy atom. The van der Waals surface area contributed by atoms with Crippen LogP contribution in [-0.4, -0.2) is 34.4 Å². The Morgan fingerprint density at radius 2 is 1.85 bits per heavy atom. The van der Waals surface area contributed by atoms with Gasteiger partial charge in [0.05, 0.1) is 17.8 Å². The van der Waals surface area contributed by atoms with Crippen LogP contribution < -0.4 is 10.1 Å². The van der Waals surface area contributed by atoms with Gasteiger partial charge in [-0.25, -0.2) is 8.42 Å². The lowest BCUT2D eigenvalue weighted by molar-refractivity contribution is 0.401. The molecule has 1 aromatic rings. The summed E-state index contributed by atoms with van der Waals surface area (Å²) in [5.74, 6) is 1.26. The second-order valence-electron chi connectivity index (χ2n) is 5.56. The second kappa shape index (κ2) is 6.14. The van der Waals surface area contributed by atoms with Gasteiger partial charge in [0.15, 0.2) is 9.84 Å². The summed E-state index contributed by atoms with van der Waals surface area (Å²) in [5, 5.41) is 3.26. The van der Waals surface area contributed by atoms with Crippen molar-refractivity contribution in [2.75, 3.05) is 26.0 Å². The Balaban J connectivity index is 2.26. The van der Waals surface area contributed by atoms with Crippen LogP contribution in [0.25, 0.3) is 0 Å². The van der Waals surface area contributed by atoms with Crippen LogP contribution in [0, 0.1) is 19.8 Å². The molecular weight excluding hydrogens is 274 g/mol. The highest BCUT2D eigenvalue weighted by Gasteiger charge is 2.24. The molecule has 1 heterocycles. The van der Waals surface area contributed by atoms with Gasteiger partial charge in [-0.15, -0.1) is 0 Å². The molecule has 5 heteroatoms. The van der Waals surface area contributed by atoms with Gasteiger partial charge in [0.25, 0.3) is 0 Å². The molecule has 1 aliphatic heterocycles. The van der Waals surface area contributed by atoms with Gasteiger partial charge in [-0.3, -0.25) is 0 Å². The Morgan fingerprint density at radius 3 is 2.45 bits per heavy atom. The highest BCUT2D eigenvalue weighted by molar-refractivity contribution is 7.91. The molecule has 0 bridgehead atoms. The minimum Gasteiger partial charge on any atom is -0.496 e. The highest BCUT2D eigenvalue weighted by atomic mass is 32.2. The summed E-state index contributed by atoms with van der Waals surface area (Å²) in [6.07, 6.45) is 1.88. The highest BCUT2D eigenvalue weighted by Crippen LogP contribution is 2.28. The summed E-state index contributed by atoms with van der Waals surface area (Å²) >= 11 is 0. The van der Waals surface area contributed by atoms with Crippen LogP contribution in [0.4, 0.5) is 0 Å². The molecule has 1 fully saturated rings. The van der Waals surface area contributed by atoms with Crippen LogP contribution in [0.15, 0.2) is 17.0 Å². The quantitative estimate of drug-likeness (QED) is 0.924. The molecule has 0 saturated carbocycles. The summed E-state index contributed by atoms with van der Waals surface area (Å²) in [4.78, 5) is 0.453. The predicted octanol–water partition coefficient (Wildman–Crippen LogP) is 2.09. The van der Waals surface area contributed by atoms with Crippen molar-refractivity contribution in [1.82, 2.24) is 5.32 Å². The zero-order valence-electron chi connectivity index (χ0n) is 12.4. The molecule has 1 N–H and O–H groups in total. The van der Waals surface area contributed by atoms with E-state index in [4.69, 9.17) is 4.74 Å². The van der Waals surface area contributed by atoms with E-state index in [-0.39, 0.29) is 11.7 Å². The van der Waals surface area contributed by atoms with Gasteiger partial charge in [0, 0.05) is 0 Å². The first-order valence-corrected chi connectivity index (χ1v) is 8.68. The monoisotopic (exact) mass is 297 g/mol. The van der Waals surface area contributed by atoms with Gasteiger partial charge in [-0.1, -0.05) is 0 Å². The van der Waals surface area contributed by atoms with E-state index in [0.717, 1.165) is 42.8 Å². The molecule has 20 heavy (non-hydrogen) atoms. The van der Waals surface area contributed by atoms with E-state index < -0.39 is 9.84 Å². The van der Waals surface area contributed by atoms with Crippen LogP contribution >= 0.6 is 0 Å². The smallest absolute Gasteiger partial charge is 0.178 e. The number of methoxy groups -OCH3 is 1. The lowest BCUT2D eigenvalue weighted by atomic mass is 10.0. The molecule has 0 radical (unpaired) electrons. The molecule has 0 aliphatic carbocycles. The maximum absolute atomic E-state index is 12.6. The Labute approximate surface area is 121 Å². The zero-order valence-corrected chi connectivity index (χ0v) is 13.2. The number of nitrogens with one attached hydrogen (secondary N) is 1. The van der Waals surface area contributed by atoms with Gasteiger partial charge in [-0.05, 0) is 69.0 Å². The standard InChI is InChI=1S/C15H23NO3S/c1-11-9-15(12(2)8-14(11)19-3)20(17,18)10-13-4-6-16-7-5-13/h8-9,13,16H,4-7,10H2,1-3H3. The Hall–Kier alpha value is -1.07.